The van der Waals surface area contributed by atoms with Crippen LogP contribution in [0, 0.1) is 11.3 Å². The van der Waals surface area contributed by atoms with Gasteiger partial charge in [-0.15, -0.1) is 0 Å². The minimum Gasteiger partial charge on any atom is -0.312 e. The zero-order valence-electron chi connectivity index (χ0n) is 11.7. The lowest BCUT2D eigenvalue weighted by molar-refractivity contribution is -0.127. The van der Waals surface area contributed by atoms with Gasteiger partial charge in [-0.1, -0.05) is 6.07 Å². The number of allylic oxidation sites excluding steroid dienone is 1. The number of alkyl halides is 3. The number of hydrogen-bond donors (Lipinski definition) is 0. The molecule has 0 N–H and O–H groups in total. The zero-order chi connectivity index (χ0) is 16.2. The number of imidazole rings is 1. The summed E-state index contributed by atoms with van der Waals surface area (Å²) in [4.78, 5) is 8.25. The Bertz CT molecular complexity index is 914. The summed E-state index contributed by atoms with van der Waals surface area (Å²) in [5.74, 6) is 0. The average molecular weight is 314 g/mol. The highest BCUT2D eigenvalue weighted by atomic mass is 19.4. The predicted octanol–water partition coefficient (Wildman–Crippen LogP) is 3.35. The fourth-order valence-electron chi connectivity index (χ4n) is 3.09. The van der Waals surface area contributed by atoms with Crippen LogP contribution in [-0.2, 0) is 12.0 Å². The third-order valence-corrected chi connectivity index (χ3v) is 4.10. The number of aromatic nitrogens is 2. The molecule has 0 aliphatic carbocycles. The number of rotatable bonds is 1. The number of benzene rings is 1. The first-order valence-corrected chi connectivity index (χ1v) is 6.85. The lowest BCUT2D eigenvalue weighted by Gasteiger charge is -2.23. The SMILES string of the molecule is N#Cc1ccc2c(c1)N=CC21C=Cc2c(CC(F)(F)F)ncn21. The first-order valence-electron chi connectivity index (χ1n) is 6.85. The predicted molar refractivity (Wildman–Crippen MR) is 77.4 cm³/mol. The van der Waals surface area contributed by atoms with Gasteiger partial charge in [0, 0.05) is 11.8 Å². The summed E-state index contributed by atoms with van der Waals surface area (Å²) in [7, 11) is 0. The monoisotopic (exact) mass is 314 g/mol. The lowest BCUT2D eigenvalue weighted by atomic mass is 9.92. The second-order valence-corrected chi connectivity index (χ2v) is 5.50. The lowest BCUT2D eigenvalue weighted by Crippen LogP contribution is -2.29. The van der Waals surface area contributed by atoms with Crippen LogP contribution in [0.3, 0.4) is 0 Å². The van der Waals surface area contributed by atoms with Crippen LogP contribution in [0.5, 0.6) is 0 Å². The van der Waals surface area contributed by atoms with Gasteiger partial charge in [0.25, 0.3) is 0 Å². The molecule has 0 saturated carbocycles. The van der Waals surface area contributed by atoms with Crippen LogP contribution in [0.25, 0.3) is 6.08 Å². The molecule has 1 aromatic heterocycles. The minimum atomic E-state index is -4.30. The van der Waals surface area contributed by atoms with E-state index in [2.05, 4.69) is 9.98 Å². The van der Waals surface area contributed by atoms with Gasteiger partial charge in [-0.05, 0) is 24.3 Å². The Balaban J connectivity index is 1.82. The van der Waals surface area contributed by atoms with E-state index in [4.69, 9.17) is 5.26 Å². The van der Waals surface area contributed by atoms with Crippen molar-refractivity contribution in [2.75, 3.05) is 0 Å². The Morgan fingerprint density at radius 3 is 2.87 bits per heavy atom. The summed E-state index contributed by atoms with van der Waals surface area (Å²) < 4.78 is 39.6. The Kier molecular flexibility index (Phi) is 2.58. The molecule has 3 heterocycles. The Labute approximate surface area is 129 Å². The molecule has 1 aromatic carbocycles. The van der Waals surface area contributed by atoms with Crippen LogP contribution in [-0.4, -0.2) is 21.9 Å². The molecule has 1 unspecified atom stereocenters. The molecule has 0 radical (unpaired) electrons. The summed E-state index contributed by atoms with van der Waals surface area (Å²) >= 11 is 0. The fourth-order valence-corrected chi connectivity index (χ4v) is 3.09. The highest BCUT2D eigenvalue weighted by molar-refractivity contribution is 5.91. The molecule has 1 spiro atoms. The van der Waals surface area contributed by atoms with E-state index in [-0.39, 0.29) is 5.69 Å². The van der Waals surface area contributed by atoms with Gasteiger partial charge in [-0.25, -0.2) is 4.98 Å². The molecule has 0 saturated heterocycles. The summed E-state index contributed by atoms with van der Waals surface area (Å²) in [6.45, 7) is 0. The highest BCUT2D eigenvalue weighted by Crippen LogP contribution is 2.44. The van der Waals surface area contributed by atoms with Crippen molar-refractivity contribution in [3.05, 3.63) is 53.1 Å². The molecule has 4 rings (SSSR count). The van der Waals surface area contributed by atoms with Crippen molar-refractivity contribution in [3.63, 3.8) is 0 Å². The van der Waals surface area contributed by atoms with Crippen molar-refractivity contribution in [2.24, 2.45) is 4.99 Å². The van der Waals surface area contributed by atoms with E-state index >= 15 is 0 Å². The van der Waals surface area contributed by atoms with Crippen LogP contribution >= 0.6 is 0 Å². The summed E-state index contributed by atoms with van der Waals surface area (Å²) in [5.41, 5.74) is 1.64. The first kappa shape index (κ1) is 13.8. The molecule has 0 fully saturated rings. The van der Waals surface area contributed by atoms with Crippen LogP contribution in [0.4, 0.5) is 18.9 Å². The quantitative estimate of drug-likeness (QED) is 0.810. The Morgan fingerprint density at radius 1 is 1.30 bits per heavy atom. The maximum Gasteiger partial charge on any atom is 0.394 e. The van der Waals surface area contributed by atoms with E-state index in [0.29, 0.717) is 16.9 Å². The van der Waals surface area contributed by atoms with Gasteiger partial charge in [-0.3, -0.25) is 4.99 Å². The molecule has 4 nitrogen and oxygen atoms in total. The normalized spacial score (nSPS) is 20.8. The van der Waals surface area contributed by atoms with Crippen LogP contribution in [0.15, 0.2) is 35.6 Å². The maximum atomic E-state index is 12.6. The average Bonchev–Trinajstić information content (AvgIpc) is 3.16. The molecule has 2 aromatic rings. The van der Waals surface area contributed by atoms with Gasteiger partial charge >= 0.3 is 6.18 Å². The van der Waals surface area contributed by atoms with E-state index in [1.807, 2.05) is 12.1 Å². The second-order valence-electron chi connectivity index (χ2n) is 5.50. The second kappa shape index (κ2) is 4.32. The van der Waals surface area contributed by atoms with Crippen molar-refractivity contribution in [1.82, 2.24) is 9.55 Å². The fraction of sp³-hybridized carbons (Fsp3) is 0.188. The Morgan fingerprint density at radius 2 is 2.13 bits per heavy atom. The van der Waals surface area contributed by atoms with Crippen LogP contribution in [0.2, 0.25) is 0 Å². The van der Waals surface area contributed by atoms with Gasteiger partial charge in [0.15, 0.2) is 0 Å². The minimum absolute atomic E-state index is 0.00104. The molecule has 114 valence electrons. The zero-order valence-corrected chi connectivity index (χ0v) is 11.7. The number of fused-ring (bicyclic) bond motifs is 4. The standard InChI is InChI=1S/C16H9F3N4/c17-16(18,19)6-13-14-3-4-15(23(14)9-22-13)8-21-12-5-10(7-20)1-2-11(12)15/h1-5,8-9H,6H2. The summed E-state index contributed by atoms with van der Waals surface area (Å²) in [5, 5.41) is 8.96. The van der Waals surface area contributed by atoms with Crippen molar-refractivity contribution in [2.45, 2.75) is 18.1 Å². The number of halogens is 3. The third-order valence-electron chi connectivity index (χ3n) is 4.10. The van der Waals surface area contributed by atoms with E-state index in [9.17, 15) is 13.2 Å². The van der Waals surface area contributed by atoms with Gasteiger partial charge in [0.2, 0.25) is 0 Å². The van der Waals surface area contributed by atoms with E-state index < -0.39 is 18.1 Å². The molecule has 7 heteroatoms. The topological polar surface area (TPSA) is 54.0 Å². The number of hydrogen-bond acceptors (Lipinski definition) is 3. The van der Waals surface area contributed by atoms with Gasteiger partial charge in [0.05, 0.1) is 41.5 Å². The summed E-state index contributed by atoms with van der Waals surface area (Å²) in [6.07, 6.45) is 1.18. The van der Waals surface area contributed by atoms with E-state index in [1.54, 1.807) is 35.1 Å². The molecule has 23 heavy (non-hydrogen) atoms. The third kappa shape index (κ3) is 1.91. The first-order chi connectivity index (χ1) is 10.9. The maximum absolute atomic E-state index is 12.6. The largest absolute Gasteiger partial charge is 0.394 e. The molecule has 0 amide bonds. The van der Waals surface area contributed by atoms with Crippen molar-refractivity contribution in [3.8, 4) is 6.07 Å². The Hall–Kier alpha value is -2.88. The van der Waals surface area contributed by atoms with Crippen LogP contribution in [0.1, 0.15) is 22.5 Å². The molecule has 2 aliphatic rings. The van der Waals surface area contributed by atoms with Gasteiger partial charge < -0.3 is 4.57 Å². The van der Waals surface area contributed by atoms with E-state index in [0.717, 1.165) is 5.56 Å². The number of aliphatic imine (C=N–C) groups is 1. The van der Waals surface area contributed by atoms with Crippen molar-refractivity contribution in [1.29, 1.82) is 5.26 Å². The van der Waals surface area contributed by atoms with Crippen LogP contribution < -0.4 is 0 Å². The molecule has 0 bridgehead atoms. The van der Waals surface area contributed by atoms with Gasteiger partial charge in [0.1, 0.15) is 5.54 Å². The highest BCUT2D eigenvalue weighted by Gasteiger charge is 2.42. The molecular formula is C16H9F3N4. The molecule has 1 atom stereocenters. The van der Waals surface area contributed by atoms with Gasteiger partial charge in [-0.2, -0.15) is 18.4 Å². The number of nitrogens with zero attached hydrogens (tertiary/aromatic N) is 4. The smallest absolute Gasteiger partial charge is 0.312 e. The molecule has 2 aliphatic heterocycles. The van der Waals surface area contributed by atoms with Crippen molar-refractivity contribution < 1.29 is 13.2 Å². The summed E-state index contributed by atoms with van der Waals surface area (Å²) in [6, 6.07) is 7.17. The molecular weight excluding hydrogens is 305 g/mol. The number of nitriles is 1. The van der Waals surface area contributed by atoms with Crippen molar-refractivity contribution >= 4 is 18.0 Å². The van der Waals surface area contributed by atoms with E-state index in [1.165, 1.54) is 6.33 Å².